The number of aryl methyl sites for hydroxylation is 3. The molecule has 0 saturated heterocycles. The largest absolute Gasteiger partial charge is 0.481 e. The molecule has 0 saturated carbocycles. The molecule has 5 heteroatoms. The van der Waals surface area contributed by atoms with Crippen LogP contribution in [0.1, 0.15) is 35.1 Å². The molecule has 4 rings (SSSR count). The topological polar surface area (TPSA) is 70.7 Å². The molecule has 1 aromatic heterocycles. The van der Waals surface area contributed by atoms with Crippen molar-refractivity contribution in [2.24, 2.45) is 0 Å². The zero-order chi connectivity index (χ0) is 16.1. The van der Waals surface area contributed by atoms with E-state index >= 15 is 0 Å². The summed E-state index contributed by atoms with van der Waals surface area (Å²) >= 11 is 0. The van der Waals surface area contributed by atoms with Crippen molar-refractivity contribution in [2.45, 2.75) is 39.0 Å². The number of rotatable bonds is 2. The third kappa shape index (κ3) is 2.14. The second-order valence-electron chi connectivity index (χ2n) is 6.50. The number of benzene rings is 1. The van der Waals surface area contributed by atoms with Crippen molar-refractivity contribution in [2.75, 3.05) is 18.0 Å². The van der Waals surface area contributed by atoms with Crippen molar-refractivity contribution >= 4 is 22.6 Å². The van der Waals surface area contributed by atoms with E-state index in [1.807, 2.05) is 6.92 Å². The van der Waals surface area contributed by atoms with E-state index in [-0.39, 0.29) is 12.0 Å². The van der Waals surface area contributed by atoms with Gasteiger partial charge in [-0.2, -0.15) is 0 Å². The van der Waals surface area contributed by atoms with E-state index in [2.05, 4.69) is 11.0 Å². The highest BCUT2D eigenvalue weighted by Gasteiger charge is 2.28. The molecule has 2 aliphatic heterocycles. The number of fused-ring (bicyclic) bond motifs is 2. The summed E-state index contributed by atoms with van der Waals surface area (Å²) in [6, 6.07) is 2.11. The molecular formula is C18H19NO4. The van der Waals surface area contributed by atoms with Crippen molar-refractivity contribution in [1.29, 1.82) is 0 Å². The smallest absolute Gasteiger partial charge is 0.340 e. The van der Waals surface area contributed by atoms with E-state index in [1.165, 1.54) is 11.3 Å². The predicted molar refractivity (Wildman–Crippen MR) is 87.4 cm³/mol. The lowest BCUT2D eigenvalue weighted by Gasteiger charge is -2.37. The van der Waals surface area contributed by atoms with E-state index in [4.69, 9.17) is 9.52 Å². The summed E-state index contributed by atoms with van der Waals surface area (Å²) in [6.07, 6.45) is 3.85. The molecule has 0 amide bonds. The lowest BCUT2D eigenvalue weighted by molar-refractivity contribution is -0.136. The summed E-state index contributed by atoms with van der Waals surface area (Å²) in [7, 11) is 0. The number of carbonyl (C=O) groups is 1. The van der Waals surface area contributed by atoms with Gasteiger partial charge in [-0.15, -0.1) is 0 Å². The normalized spacial score (nSPS) is 16.5. The maximum atomic E-state index is 12.3. The maximum absolute atomic E-state index is 12.3. The number of aliphatic carboxylic acids is 1. The maximum Gasteiger partial charge on any atom is 0.340 e. The first-order valence-electron chi connectivity index (χ1n) is 8.14. The Hall–Kier alpha value is -2.30. The Balaban J connectivity index is 2.05. The van der Waals surface area contributed by atoms with Gasteiger partial charge in [0.25, 0.3) is 0 Å². The minimum atomic E-state index is -1.01. The fourth-order valence-corrected chi connectivity index (χ4v) is 4.05. The Labute approximate surface area is 133 Å². The monoisotopic (exact) mass is 313 g/mol. The predicted octanol–water partition coefficient (Wildman–Crippen LogP) is 2.43. The van der Waals surface area contributed by atoms with Crippen LogP contribution in [-0.4, -0.2) is 24.2 Å². The number of hydrogen-bond donors (Lipinski definition) is 1. The van der Waals surface area contributed by atoms with Gasteiger partial charge < -0.3 is 14.4 Å². The van der Waals surface area contributed by atoms with Crippen LogP contribution in [0.4, 0.5) is 5.69 Å². The molecule has 2 aromatic rings. The molecule has 2 aliphatic rings. The number of anilines is 1. The van der Waals surface area contributed by atoms with Crippen molar-refractivity contribution in [1.82, 2.24) is 0 Å². The van der Waals surface area contributed by atoms with Crippen LogP contribution in [0.2, 0.25) is 0 Å². The Morgan fingerprint density at radius 1 is 1.30 bits per heavy atom. The molecule has 23 heavy (non-hydrogen) atoms. The van der Waals surface area contributed by atoms with E-state index in [0.717, 1.165) is 55.3 Å². The molecule has 5 nitrogen and oxygen atoms in total. The van der Waals surface area contributed by atoms with E-state index in [9.17, 15) is 9.59 Å². The number of nitrogens with zero attached hydrogens (tertiary/aromatic N) is 1. The van der Waals surface area contributed by atoms with Crippen molar-refractivity contribution in [3.05, 3.63) is 38.7 Å². The van der Waals surface area contributed by atoms with Gasteiger partial charge in [-0.25, -0.2) is 4.79 Å². The summed E-state index contributed by atoms with van der Waals surface area (Å²) in [4.78, 5) is 25.7. The summed E-state index contributed by atoms with van der Waals surface area (Å²) in [5.74, 6) is -1.01. The Morgan fingerprint density at radius 2 is 2.04 bits per heavy atom. The Morgan fingerprint density at radius 3 is 2.78 bits per heavy atom. The SMILES string of the molecule is Cc1c(CC(=O)O)c(=O)oc2c3c4c(cc12)CCCN4CCC3. The minimum Gasteiger partial charge on any atom is -0.481 e. The highest BCUT2D eigenvalue weighted by molar-refractivity contribution is 5.91. The van der Waals surface area contributed by atoms with Gasteiger partial charge in [-0.3, -0.25) is 4.79 Å². The quantitative estimate of drug-likeness (QED) is 0.862. The molecule has 0 atom stereocenters. The zero-order valence-corrected chi connectivity index (χ0v) is 13.1. The average molecular weight is 313 g/mol. The standard InChI is InChI=1S/C18H19NO4/c1-10-13-8-11-4-2-6-19-7-3-5-12(16(11)19)17(13)23-18(22)14(10)9-15(20)21/h8H,2-7,9H2,1H3,(H,20,21). The van der Waals surface area contributed by atoms with Crippen LogP contribution < -0.4 is 10.5 Å². The highest BCUT2D eigenvalue weighted by atomic mass is 16.4. The van der Waals surface area contributed by atoms with Gasteiger partial charge in [-0.1, -0.05) is 0 Å². The fourth-order valence-electron chi connectivity index (χ4n) is 4.05. The van der Waals surface area contributed by atoms with Crippen LogP contribution in [0.15, 0.2) is 15.3 Å². The van der Waals surface area contributed by atoms with Crippen LogP contribution in [0.5, 0.6) is 0 Å². The van der Waals surface area contributed by atoms with Gasteiger partial charge in [-0.05, 0) is 49.8 Å². The van der Waals surface area contributed by atoms with E-state index in [1.54, 1.807) is 0 Å². The highest BCUT2D eigenvalue weighted by Crippen LogP contribution is 2.40. The summed E-state index contributed by atoms with van der Waals surface area (Å²) in [5.41, 5.74) is 4.85. The molecule has 1 N–H and O–H groups in total. The fraction of sp³-hybridized carbons (Fsp3) is 0.444. The second kappa shape index (κ2) is 5.11. The van der Waals surface area contributed by atoms with Crippen LogP contribution in [-0.2, 0) is 24.1 Å². The average Bonchev–Trinajstić information content (AvgIpc) is 2.53. The van der Waals surface area contributed by atoms with Crippen LogP contribution in [0, 0.1) is 6.92 Å². The second-order valence-corrected chi connectivity index (χ2v) is 6.50. The first-order valence-corrected chi connectivity index (χ1v) is 8.14. The van der Waals surface area contributed by atoms with E-state index in [0.29, 0.717) is 5.58 Å². The van der Waals surface area contributed by atoms with Gasteiger partial charge in [0.15, 0.2) is 0 Å². The third-order valence-corrected chi connectivity index (χ3v) is 5.10. The lowest BCUT2D eigenvalue weighted by Crippen LogP contribution is -2.34. The van der Waals surface area contributed by atoms with Crippen LogP contribution in [0.3, 0.4) is 0 Å². The van der Waals surface area contributed by atoms with Gasteiger partial charge in [0.05, 0.1) is 12.0 Å². The van der Waals surface area contributed by atoms with Crippen molar-refractivity contribution < 1.29 is 14.3 Å². The van der Waals surface area contributed by atoms with Gasteiger partial charge >= 0.3 is 11.6 Å². The molecule has 3 heterocycles. The molecule has 0 spiro atoms. The van der Waals surface area contributed by atoms with E-state index < -0.39 is 11.6 Å². The summed E-state index contributed by atoms with van der Waals surface area (Å²) in [5, 5.41) is 9.94. The first kappa shape index (κ1) is 14.3. The molecule has 0 fully saturated rings. The minimum absolute atomic E-state index is 0.264. The van der Waals surface area contributed by atoms with Crippen LogP contribution >= 0.6 is 0 Å². The molecule has 1 aromatic carbocycles. The Bertz CT molecular complexity index is 879. The van der Waals surface area contributed by atoms with Gasteiger partial charge in [0.1, 0.15) is 5.58 Å². The number of carboxylic acids is 1. The lowest BCUT2D eigenvalue weighted by atomic mass is 9.88. The number of hydrogen-bond acceptors (Lipinski definition) is 4. The molecule has 0 unspecified atom stereocenters. The zero-order valence-electron chi connectivity index (χ0n) is 13.1. The molecule has 0 aliphatic carbocycles. The van der Waals surface area contributed by atoms with Gasteiger partial charge in [0, 0.05) is 29.7 Å². The summed E-state index contributed by atoms with van der Waals surface area (Å²) < 4.78 is 5.60. The summed E-state index contributed by atoms with van der Waals surface area (Å²) in [6.45, 7) is 3.96. The molecule has 0 radical (unpaired) electrons. The molecule has 0 bridgehead atoms. The Kier molecular flexibility index (Phi) is 3.18. The van der Waals surface area contributed by atoms with Crippen molar-refractivity contribution in [3.8, 4) is 0 Å². The van der Waals surface area contributed by atoms with Crippen molar-refractivity contribution in [3.63, 3.8) is 0 Å². The molecular weight excluding hydrogens is 294 g/mol. The van der Waals surface area contributed by atoms with Crippen LogP contribution in [0.25, 0.3) is 11.0 Å². The molecule has 120 valence electrons. The third-order valence-electron chi connectivity index (χ3n) is 5.10. The number of carboxylic acid groups (broad SMARTS) is 1. The first-order chi connectivity index (χ1) is 11.1. The van der Waals surface area contributed by atoms with Gasteiger partial charge in [0.2, 0.25) is 0 Å².